The zero-order valence-corrected chi connectivity index (χ0v) is 77.4. The number of hydrazine groups is 4. The molecule has 32 nitrogen and oxygen atoms in total. The van der Waals surface area contributed by atoms with Crippen LogP contribution < -0.4 is 31.9 Å². The minimum atomic E-state index is -1.22. The third-order valence-electron chi connectivity index (χ3n) is 23.4. The molecule has 10 amide bonds. The number of rotatable bonds is 27. The molecule has 5 aromatic rings. The Bertz CT molecular complexity index is 4790. The summed E-state index contributed by atoms with van der Waals surface area (Å²) in [4.78, 5) is 176. The van der Waals surface area contributed by atoms with Crippen molar-refractivity contribution in [1.82, 2.24) is 72.0 Å². The van der Waals surface area contributed by atoms with Crippen LogP contribution in [0.4, 0.5) is 0 Å². The average Bonchev–Trinajstić information content (AvgIpc) is 1.07. The number of aliphatic carboxylic acids is 2. The predicted octanol–water partition coefficient (Wildman–Crippen LogP) is 9.10. The molecule has 0 bridgehead atoms. The number of carbonyl (C=O) groups is 14. The van der Waals surface area contributed by atoms with Crippen molar-refractivity contribution in [2.24, 2.45) is 0 Å². The fraction of sp³-hybridized carbons (Fsp3) is 0.449. The number of carboxylic acids is 2. The van der Waals surface area contributed by atoms with Gasteiger partial charge in [0.05, 0.1) is 25.5 Å². The second-order valence-electron chi connectivity index (χ2n) is 34.0. The van der Waals surface area contributed by atoms with E-state index in [1.807, 2.05) is 163 Å². The number of aldehydes is 1. The molecule has 5 aromatic carbocycles. The Morgan fingerprint density at radius 2 is 0.780 bits per heavy atom. The van der Waals surface area contributed by atoms with Gasteiger partial charge in [0, 0.05) is 108 Å². The number of hydrogen-bond acceptors (Lipinski definition) is 20. The molecule has 9 aliphatic rings. The number of esters is 1. The van der Waals surface area contributed by atoms with Gasteiger partial charge in [-0.2, -0.15) is 27.2 Å². The first-order chi connectivity index (χ1) is 62.5. The summed E-state index contributed by atoms with van der Waals surface area (Å²) in [5.41, 5.74) is 8.20. The van der Waals surface area contributed by atoms with Crippen LogP contribution in [0, 0.1) is 12.5 Å². The Hall–Kier alpha value is -12.0. The number of nitrogens with one attached hydrogen (secondary N) is 6. The molecule has 2 radical (unpaired) electrons. The third kappa shape index (κ3) is 31.1. The van der Waals surface area contributed by atoms with Crippen molar-refractivity contribution in [3.63, 3.8) is 0 Å². The number of amides is 10. The molecule has 9 aliphatic heterocycles. The normalized spacial score (nSPS) is 21.8. The van der Waals surface area contributed by atoms with Gasteiger partial charge in [-0.15, -0.1) is 0 Å². The molecule has 0 aliphatic carbocycles. The number of nitrogens with zero attached hydrogens (tertiary/aromatic N) is 8. The Balaban J connectivity index is 0.000000217. The number of aryl methyl sites for hydroxylation is 4. The molecule has 0 aromatic heterocycles. The number of cyclic esters (lactones) is 1. The van der Waals surface area contributed by atoms with Gasteiger partial charge in [0.15, 0.2) is 6.04 Å². The Kier molecular flexibility index (Phi) is 42.2. The first-order valence-electron chi connectivity index (χ1n) is 45.0. The van der Waals surface area contributed by atoms with E-state index in [1.54, 1.807) is 20.0 Å². The first-order valence-corrected chi connectivity index (χ1v) is 45.0. The van der Waals surface area contributed by atoms with E-state index < -0.39 is 103 Å². The van der Waals surface area contributed by atoms with Crippen LogP contribution in [0.15, 0.2) is 201 Å². The van der Waals surface area contributed by atoms with Gasteiger partial charge in [-0.05, 0) is 143 Å². The second-order valence-corrected chi connectivity index (χ2v) is 34.0. The molecule has 9 saturated heterocycles. The maximum absolute atomic E-state index is 13.8. The second kappa shape index (κ2) is 52.9. The van der Waals surface area contributed by atoms with E-state index in [9.17, 15) is 72.2 Å². The summed E-state index contributed by atoms with van der Waals surface area (Å²) in [5, 5.41) is 48.0. The molecule has 10 atom stereocenters. The van der Waals surface area contributed by atoms with E-state index in [0.717, 1.165) is 70.7 Å². The Morgan fingerprint density at radius 1 is 0.455 bits per heavy atom. The minimum absolute atomic E-state index is 0. The topological polar surface area (TPSA) is 396 Å². The number of ether oxygens (including phenoxy) is 2. The Morgan fingerprint density at radius 3 is 1.14 bits per heavy atom. The summed E-state index contributed by atoms with van der Waals surface area (Å²) in [6, 6.07) is 41.0. The smallest absolute Gasteiger partial charge is 0.328 e. The molecule has 0 saturated carbocycles. The van der Waals surface area contributed by atoms with Crippen LogP contribution in [0.3, 0.4) is 0 Å². The van der Waals surface area contributed by atoms with Crippen molar-refractivity contribution in [1.29, 1.82) is 0 Å². The van der Waals surface area contributed by atoms with E-state index in [-0.39, 0.29) is 107 Å². The Labute approximate surface area is 793 Å². The van der Waals surface area contributed by atoms with Crippen molar-refractivity contribution < 1.29 is 120 Å². The SMILES string of the molecule is C=C1CC[C@H](NC(=O)CCc2ccccc2)C(=O)N2[C@H](C(=O)N[C@H](C=O)CC(=O)O)CCCN12.C=C1CC[C@H](NC(=O)CCc2ccccc2)C(=O)N2[C@H](C(=O)N[C@H]3CC(=O)OC3OCc3ccccc3)CCCN12.C=C1CC[C@H](NC(=O)CCc2ccccc2)C(=O)N2[C@H](C(=O)O)CCCN12.C=C1CC[C@H](NC(=O)CCc2ccccc2)C(=O)N2[CH-]CCCN12.C[C-](C)C.[Co].[Co]. The molecule has 14 rings (SSSR count). The molecule has 9 heterocycles. The summed E-state index contributed by atoms with van der Waals surface area (Å²) in [6.07, 6.45) is 11.5. The number of hydrogen-bond donors (Lipinski definition) is 8. The van der Waals surface area contributed by atoms with Crippen LogP contribution in [0.2, 0.25) is 0 Å². The standard InChI is InChI=1S/C31H36N4O6.C24H30N4O6.C20H25N3O4.C19H24N3O2.C4H9.2Co/c1-21-14-16-24(32-27(36)17-15-22-9-4-2-5-10-22)30(39)35-26(13-8-18-34(21)35)29(38)33-25-19-28(37)41-31(25)40-20-23-11-6-3-7-12-23;1-16-9-11-19(26-21(30)12-10-17-6-3-2-4-7-17)24(34)28-20(8-5-13-27(16)28)23(33)25-18(15-29)14-22(31)32;1-14-9-11-16(21-18(24)12-10-15-6-3-2-4-7-15)19(25)23-17(20(26)27)8-5-13-22(14)23;1-15-9-11-17(19(24)22-14-6-5-13-21(15)22)20-18(23)12-10-16-7-3-2-4-8-16;1-4(2)3;;/h2-7,9-12,24-26,31H,1,8,13-20H2,(H,32,36)(H,33,38);2-4,6-7,15,18-20H,1,5,8-14H2,(H,25,33)(H,26,30)(H,31,32);2-4,6-7,16-17H,1,5,8-13H2,(H,21,24)(H,26,27);2-4,7-8,14,17H,1,5-6,9-13H2,(H,20,23);1-3H3;;/q;;;2*-1;;/t24-,25-,26-,31?;18-,19-,20-;16-,17-;17-;;;/m0000.../s1. The van der Waals surface area contributed by atoms with E-state index in [0.29, 0.717) is 147 Å². The summed E-state index contributed by atoms with van der Waals surface area (Å²) < 4.78 is 11.2. The first kappa shape index (κ1) is 105. The van der Waals surface area contributed by atoms with Crippen LogP contribution in [0.5, 0.6) is 0 Å². The number of fused-ring (bicyclic) bond motifs is 4. The van der Waals surface area contributed by atoms with E-state index in [4.69, 9.17) is 14.6 Å². The van der Waals surface area contributed by atoms with Gasteiger partial charge < -0.3 is 72.3 Å². The monoisotopic (exact) mass is 1900 g/mol. The molecular weight excluding hydrogens is 1780 g/mol. The van der Waals surface area contributed by atoms with Gasteiger partial charge in [0.2, 0.25) is 47.6 Å². The molecule has 8 N–H and O–H groups in total. The van der Waals surface area contributed by atoms with Crippen molar-refractivity contribution >= 4 is 83.3 Å². The minimum Gasteiger partial charge on any atom is -0.481 e. The van der Waals surface area contributed by atoms with Gasteiger partial charge in [-0.25, -0.2) is 26.4 Å². The average molecular weight is 1900 g/mol. The van der Waals surface area contributed by atoms with Gasteiger partial charge in [-0.1, -0.05) is 184 Å². The van der Waals surface area contributed by atoms with Gasteiger partial charge in [0.25, 0.3) is 17.7 Å². The number of benzene rings is 5. The predicted molar refractivity (Wildman–Crippen MR) is 483 cm³/mol. The largest absolute Gasteiger partial charge is 0.481 e. The summed E-state index contributed by atoms with van der Waals surface area (Å²) in [6.45, 7) is 27.1. The van der Waals surface area contributed by atoms with Crippen LogP contribution in [0.25, 0.3) is 0 Å². The van der Waals surface area contributed by atoms with Crippen LogP contribution >= 0.6 is 0 Å². The summed E-state index contributed by atoms with van der Waals surface area (Å²) >= 11 is 0. The molecule has 9 fully saturated rings. The zero-order valence-electron chi connectivity index (χ0n) is 75.3. The number of carbonyl (C=O) groups excluding carboxylic acids is 12. The van der Waals surface area contributed by atoms with Crippen LogP contribution in [-0.4, -0.2) is 220 Å². The third-order valence-corrected chi connectivity index (χ3v) is 23.4. The van der Waals surface area contributed by atoms with E-state index in [1.165, 1.54) is 20.9 Å². The molecule has 0 spiro atoms. The molecule has 34 heteroatoms. The van der Waals surface area contributed by atoms with E-state index in [2.05, 4.69) is 79.0 Å². The van der Waals surface area contributed by atoms with Gasteiger partial charge in [0.1, 0.15) is 48.6 Å². The van der Waals surface area contributed by atoms with Gasteiger partial charge >= 0.3 is 17.9 Å². The van der Waals surface area contributed by atoms with Crippen LogP contribution in [0.1, 0.15) is 190 Å². The van der Waals surface area contributed by atoms with E-state index >= 15 is 0 Å². The number of allylic oxidation sites excluding steroid dienone is 4. The zero-order chi connectivity index (χ0) is 93.3. The summed E-state index contributed by atoms with van der Waals surface area (Å²) in [7, 11) is 0. The molecule has 714 valence electrons. The quantitative estimate of drug-likeness (QED) is 0.0138. The summed E-state index contributed by atoms with van der Waals surface area (Å²) in [5.74, 6) is -4.26. The van der Waals surface area contributed by atoms with Crippen LogP contribution in [-0.2, 0) is 142 Å². The maximum Gasteiger partial charge on any atom is 0.328 e. The fourth-order valence-electron chi connectivity index (χ4n) is 16.7. The van der Waals surface area contributed by atoms with Crippen molar-refractivity contribution in [3.8, 4) is 0 Å². The molecule has 1 unspecified atom stereocenters. The molecular formula is C98H124Co2N14O18-2. The fourth-order valence-corrected chi connectivity index (χ4v) is 16.7. The van der Waals surface area contributed by atoms with Crippen molar-refractivity contribution in [2.45, 2.75) is 255 Å². The molecule has 132 heavy (non-hydrogen) atoms. The number of carboxylic acid groups (broad SMARTS) is 2. The van der Waals surface area contributed by atoms with Crippen molar-refractivity contribution in [3.05, 3.63) is 241 Å². The van der Waals surface area contributed by atoms with Gasteiger partial charge in [-0.3, -0.25) is 72.6 Å². The van der Waals surface area contributed by atoms with Crippen molar-refractivity contribution in [2.75, 3.05) is 26.2 Å². The maximum atomic E-state index is 13.8.